The molecule has 1 aliphatic rings. The predicted molar refractivity (Wildman–Crippen MR) is 106 cm³/mol. The molecule has 0 saturated carbocycles. The number of nitriles is 1. The van der Waals surface area contributed by atoms with Crippen molar-refractivity contribution in [2.24, 2.45) is 5.92 Å². The third-order valence-electron chi connectivity index (χ3n) is 5.24. The van der Waals surface area contributed by atoms with Gasteiger partial charge in [0.25, 0.3) is 0 Å². The first-order valence-electron chi connectivity index (χ1n) is 9.85. The van der Waals surface area contributed by atoms with Gasteiger partial charge in [0.2, 0.25) is 0 Å². The van der Waals surface area contributed by atoms with Crippen LogP contribution in [0.25, 0.3) is 0 Å². The molecule has 1 aromatic carbocycles. The van der Waals surface area contributed by atoms with E-state index in [1.165, 1.54) is 6.07 Å². The summed E-state index contributed by atoms with van der Waals surface area (Å²) in [5, 5.41) is 9.82. The highest BCUT2D eigenvalue weighted by molar-refractivity contribution is 5.78. The first-order valence-corrected chi connectivity index (χ1v) is 9.85. The number of hydrogen-bond acceptors (Lipinski definition) is 5. The minimum Gasteiger partial charge on any atom is -0.465 e. The van der Waals surface area contributed by atoms with Gasteiger partial charge in [-0.2, -0.15) is 5.26 Å². The van der Waals surface area contributed by atoms with E-state index in [4.69, 9.17) is 9.47 Å². The summed E-state index contributed by atoms with van der Waals surface area (Å²) in [6.07, 6.45) is 0.314. The van der Waals surface area contributed by atoms with Crippen LogP contribution in [0, 0.1) is 30.0 Å². The quantitative estimate of drug-likeness (QED) is 0.706. The molecule has 1 aromatic rings. The number of hydrogen-bond donors (Lipinski definition) is 0. The highest BCUT2D eigenvalue weighted by atomic mass is 19.1. The Kier molecular flexibility index (Phi) is 6.89. The van der Waals surface area contributed by atoms with Crippen molar-refractivity contribution in [2.75, 3.05) is 19.7 Å². The third kappa shape index (κ3) is 5.06. The van der Waals surface area contributed by atoms with Gasteiger partial charge >= 0.3 is 12.1 Å². The number of amides is 1. The lowest BCUT2D eigenvalue weighted by Crippen LogP contribution is -2.51. The Morgan fingerprint density at radius 2 is 1.93 bits per heavy atom. The second-order valence-electron chi connectivity index (χ2n) is 8.40. The molecule has 7 heteroatoms. The zero-order valence-corrected chi connectivity index (χ0v) is 17.8. The predicted octanol–water partition coefficient (Wildman–Crippen LogP) is 4.11. The van der Waals surface area contributed by atoms with Gasteiger partial charge in [0, 0.05) is 18.5 Å². The molecule has 1 unspecified atom stereocenters. The van der Waals surface area contributed by atoms with Crippen LogP contribution in [0.3, 0.4) is 0 Å². The van der Waals surface area contributed by atoms with Crippen LogP contribution in [-0.2, 0) is 19.7 Å². The monoisotopic (exact) mass is 404 g/mol. The number of ether oxygens (including phenoxy) is 2. The lowest BCUT2D eigenvalue weighted by atomic mass is 9.64. The van der Waals surface area contributed by atoms with Crippen molar-refractivity contribution in [3.05, 3.63) is 35.1 Å². The molecular formula is C22H29FN2O4. The fourth-order valence-corrected chi connectivity index (χ4v) is 3.74. The average Bonchev–Trinajstić information content (AvgIpc) is 2.63. The van der Waals surface area contributed by atoms with Crippen molar-refractivity contribution in [3.63, 3.8) is 0 Å². The van der Waals surface area contributed by atoms with Gasteiger partial charge in [0.1, 0.15) is 11.4 Å². The molecule has 0 N–H and O–H groups in total. The van der Waals surface area contributed by atoms with Gasteiger partial charge in [-0.05, 0) is 64.7 Å². The van der Waals surface area contributed by atoms with Gasteiger partial charge < -0.3 is 14.4 Å². The topological polar surface area (TPSA) is 79.6 Å². The molecule has 0 radical (unpaired) electrons. The molecule has 0 aromatic heterocycles. The summed E-state index contributed by atoms with van der Waals surface area (Å²) in [6.45, 7) is 9.54. The van der Waals surface area contributed by atoms with Crippen molar-refractivity contribution in [2.45, 2.75) is 58.5 Å². The van der Waals surface area contributed by atoms with E-state index in [0.717, 1.165) is 0 Å². The number of carbonyl (C=O) groups excluding carboxylic acids is 2. The Hall–Kier alpha value is -2.62. The Morgan fingerprint density at radius 1 is 1.31 bits per heavy atom. The SMILES string of the molecule is CCOC(=O)C(C#N)C1(c2ccc(F)c(C)c2)CCN(C(=O)OC(C)(C)C)CC1. The van der Waals surface area contributed by atoms with E-state index in [1.54, 1.807) is 51.7 Å². The molecule has 29 heavy (non-hydrogen) atoms. The standard InChI is InChI=1S/C22H29FN2O4/c1-6-28-19(26)17(14-24)22(16-7-8-18(23)15(2)13-16)9-11-25(12-10-22)20(27)29-21(3,4)5/h7-8,13,17H,6,9-12H2,1-5H3. The summed E-state index contributed by atoms with van der Waals surface area (Å²) >= 11 is 0. The van der Waals surface area contributed by atoms with Gasteiger partial charge in [-0.3, -0.25) is 4.79 Å². The van der Waals surface area contributed by atoms with Crippen molar-refractivity contribution in [1.82, 2.24) is 4.90 Å². The molecule has 1 amide bonds. The molecule has 6 nitrogen and oxygen atoms in total. The first kappa shape index (κ1) is 22.7. The Labute approximate surface area is 171 Å². The van der Waals surface area contributed by atoms with Crippen LogP contribution in [0.4, 0.5) is 9.18 Å². The van der Waals surface area contributed by atoms with Gasteiger partial charge in [-0.25, -0.2) is 9.18 Å². The molecule has 1 aliphatic heterocycles. The fraction of sp³-hybridized carbons (Fsp3) is 0.591. The van der Waals surface area contributed by atoms with Crippen LogP contribution in [0.2, 0.25) is 0 Å². The summed E-state index contributed by atoms with van der Waals surface area (Å²) < 4.78 is 24.4. The molecule has 1 saturated heterocycles. The Morgan fingerprint density at radius 3 is 2.41 bits per heavy atom. The molecular weight excluding hydrogens is 375 g/mol. The normalized spacial score (nSPS) is 17.2. The van der Waals surface area contributed by atoms with E-state index in [0.29, 0.717) is 37.1 Å². The maximum absolute atomic E-state index is 13.9. The minimum atomic E-state index is -1.05. The highest BCUT2D eigenvalue weighted by Gasteiger charge is 2.48. The summed E-state index contributed by atoms with van der Waals surface area (Å²) in [4.78, 5) is 26.6. The number of benzene rings is 1. The summed E-state index contributed by atoms with van der Waals surface area (Å²) in [7, 11) is 0. The number of nitrogens with zero attached hydrogens (tertiary/aromatic N) is 2. The maximum atomic E-state index is 13.9. The number of halogens is 1. The van der Waals surface area contributed by atoms with Crippen molar-refractivity contribution < 1.29 is 23.5 Å². The van der Waals surface area contributed by atoms with E-state index in [9.17, 15) is 19.2 Å². The van der Waals surface area contributed by atoms with Crippen LogP contribution in [-0.4, -0.2) is 42.3 Å². The minimum absolute atomic E-state index is 0.166. The average molecular weight is 404 g/mol. The van der Waals surface area contributed by atoms with Gasteiger partial charge in [-0.1, -0.05) is 12.1 Å². The summed E-state index contributed by atoms with van der Waals surface area (Å²) in [5.74, 6) is -1.99. The number of rotatable bonds is 4. The molecule has 0 spiro atoms. The smallest absolute Gasteiger partial charge is 0.410 e. The van der Waals surface area contributed by atoms with Gasteiger partial charge in [0.15, 0.2) is 5.92 Å². The maximum Gasteiger partial charge on any atom is 0.410 e. The molecule has 0 bridgehead atoms. The van der Waals surface area contributed by atoms with Crippen LogP contribution >= 0.6 is 0 Å². The van der Waals surface area contributed by atoms with Crippen molar-refractivity contribution >= 4 is 12.1 Å². The lowest BCUT2D eigenvalue weighted by Gasteiger charge is -2.44. The molecule has 158 valence electrons. The number of esters is 1. The van der Waals surface area contributed by atoms with E-state index in [1.807, 2.05) is 0 Å². The van der Waals surface area contributed by atoms with E-state index in [-0.39, 0.29) is 12.4 Å². The lowest BCUT2D eigenvalue weighted by molar-refractivity contribution is -0.149. The van der Waals surface area contributed by atoms with Crippen molar-refractivity contribution in [1.29, 1.82) is 5.26 Å². The van der Waals surface area contributed by atoms with Crippen LogP contribution in [0.1, 0.15) is 51.7 Å². The van der Waals surface area contributed by atoms with E-state index in [2.05, 4.69) is 6.07 Å². The number of carbonyl (C=O) groups is 2. The van der Waals surface area contributed by atoms with Crippen LogP contribution in [0.5, 0.6) is 0 Å². The molecule has 1 fully saturated rings. The summed E-state index contributed by atoms with van der Waals surface area (Å²) in [5.41, 5.74) is -0.325. The van der Waals surface area contributed by atoms with Crippen LogP contribution < -0.4 is 0 Å². The second-order valence-corrected chi connectivity index (χ2v) is 8.40. The molecule has 1 heterocycles. The molecule has 2 rings (SSSR count). The number of likely N-dealkylation sites (tertiary alicyclic amines) is 1. The zero-order chi connectivity index (χ0) is 21.8. The second kappa shape index (κ2) is 8.81. The third-order valence-corrected chi connectivity index (χ3v) is 5.24. The number of aryl methyl sites for hydroxylation is 1. The van der Waals surface area contributed by atoms with Crippen molar-refractivity contribution in [3.8, 4) is 6.07 Å². The first-order chi connectivity index (χ1) is 13.5. The van der Waals surface area contributed by atoms with Gasteiger partial charge in [-0.15, -0.1) is 0 Å². The fourth-order valence-electron chi connectivity index (χ4n) is 3.74. The summed E-state index contributed by atoms with van der Waals surface area (Å²) in [6, 6.07) is 6.77. The van der Waals surface area contributed by atoms with E-state index < -0.39 is 29.0 Å². The van der Waals surface area contributed by atoms with E-state index >= 15 is 0 Å². The Balaban J connectivity index is 2.38. The molecule has 0 aliphatic carbocycles. The number of piperidine rings is 1. The Bertz CT molecular complexity index is 802. The highest BCUT2D eigenvalue weighted by Crippen LogP contribution is 2.43. The molecule has 1 atom stereocenters. The zero-order valence-electron chi connectivity index (χ0n) is 17.8. The van der Waals surface area contributed by atoms with Gasteiger partial charge in [0.05, 0.1) is 12.7 Å². The van der Waals surface area contributed by atoms with Crippen LogP contribution in [0.15, 0.2) is 18.2 Å². The largest absolute Gasteiger partial charge is 0.465 e.